The van der Waals surface area contributed by atoms with Crippen LogP contribution in [-0.2, 0) is 10.3 Å². The highest BCUT2D eigenvalue weighted by atomic mass is 16.5. The van der Waals surface area contributed by atoms with Crippen molar-refractivity contribution in [1.82, 2.24) is 10.2 Å². The van der Waals surface area contributed by atoms with Gasteiger partial charge in [-0.05, 0) is 38.9 Å². The molecule has 0 spiro atoms. The van der Waals surface area contributed by atoms with Gasteiger partial charge in [-0.15, -0.1) is 0 Å². The fourth-order valence-corrected chi connectivity index (χ4v) is 2.92. The van der Waals surface area contributed by atoms with Crippen LogP contribution in [0.1, 0.15) is 24.5 Å². The number of ether oxygens (including phenoxy) is 1. The van der Waals surface area contributed by atoms with E-state index >= 15 is 0 Å². The van der Waals surface area contributed by atoms with Gasteiger partial charge < -0.3 is 15.2 Å². The second-order valence-electron chi connectivity index (χ2n) is 5.67. The quantitative estimate of drug-likeness (QED) is 0.882. The van der Waals surface area contributed by atoms with Crippen molar-refractivity contribution in [2.24, 2.45) is 0 Å². The Kier molecular flexibility index (Phi) is 4.85. The highest BCUT2D eigenvalue weighted by Gasteiger charge is 2.43. The van der Waals surface area contributed by atoms with Crippen molar-refractivity contribution >= 4 is 5.97 Å². The van der Waals surface area contributed by atoms with E-state index in [2.05, 4.69) is 5.32 Å². The average Bonchev–Trinajstić information content (AvgIpc) is 2.75. The Morgan fingerprint density at radius 2 is 2.14 bits per heavy atom. The molecule has 0 bridgehead atoms. The standard InChI is InChI=1S/C16H24N2O3/c1-12-5-6-14(21-3)13(11-12)16(2,15(19)20)18-9-4-7-17-8-10-18/h5-6,11,17H,4,7-10H2,1-3H3,(H,19,20). The number of hydrogen-bond acceptors (Lipinski definition) is 4. The van der Waals surface area contributed by atoms with Gasteiger partial charge in [0.25, 0.3) is 0 Å². The van der Waals surface area contributed by atoms with Crippen molar-refractivity contribution in [2.45, 2.75) is 25.8 Å². The minimum Gasteiger partial charge on any atom is -0.496 e. The number of nitrogens with one attached hydrogen (secondary N) is 1. The van der Waals surface area contributed by atoms with Crippen LogP contribution in [0.15, 0.2) is 18.2 Å². The summed E-state index contributed by atoms with van der Waals surface area (Å²) in [5.74, 6) is -0.212. The van der Waals surface area contributed by atoms with Crippen LogP contribution in [0.25, 0.3) is 0 Å². The SMILES string of the molecule is COc1ccc(C)cc1C(C)(C(=O)O)N1CCCNCC1. The zero-order chi connectivity index (χ0) is 15.5. The highest BCUT2D eigenvalue weighted by Crippen LogP contribution is 2.36. The number of benzene rings is 1. The minimum absolute atomic E-state index is 0.628. The molecule has 2 rings (SSSR count). The summed E-state index contributed by atoms with van der Waals surface area (Å²) in [4.78, 5) is 14.1. The first-order valence-corrected chi connectivity index (χ1v) is 7.34. The third kappa shape index (κ3) is 3.04. The van der Waals surface area contributed by atoms with Gasteiger partial charge in [-0.3, -0.25) is 4.90 Å². The number of aliphatic carboxylic acids is 1. The van der Waals surface area contributed by atoms with Gasteiger partial charge in [0.2, 0.25) is 0 Å². The Morgan fingerprint density at radius 1 is 1.38 bits per heavy atom. The third-order valence-electron chi connectivity index (χ3n) is 4.27. The fraction of sp³-hybridized carbons (Fsp3) is 0.562. The van der Waals surface area contributed by atoms with Gasteiger partial charge in [-0.25, -0.2) is 4.79 Å². The van der Waals surface area contributed by atoms with E-state index in [1.54, 1.807) is 14.0 Å². The number of nitrogens with zero attached hydrogens (tertiary/aromatic N) is 1. The molecule has 1 unspecified atom stereocenters. The summed E-state index contributed by atoms with van der Waals surface area (Å²) >= 11 is 0. The summed E-state index contributed by atoms with van der Waals surface area (Å²) in [7, 11) is 1.58. The molecule has 0 radical (unpaired) electrons. The van der Waals surface area contributed by atoms with Crippen molar-refractivity contribution in [2.75, 3.05) is 33.3 Å². The van der Waals surface area contributed by atoms with Crippen molar-refractivity contribution in [3.63, 3.8) is 0 Å². The highest BCUT2D eigenvalue weighted by molar-refractivity contribution is 5.81. The maximum Gasteiger partial charge on any atom is 0.328 e. The second kappa shape index (κ2) is 6.45. The zero-order valence-electron chi connectivity index (χ0n) is 13.0. The summed E-state index contributed by atoms with van der Waals surface area (Å²) in [5, 5.41) is 13.2. The lowest BCUT2D eigenvalue weighted by Gasteiger charge is -2.38. The lowest BCUT2D eigenvalue weighted by Crippen LogP contribution is -2.51. The maximum absolute atomic E-state index is 12.1. The molecule has 1 fully saturated rings. The van der Waals surface area contributed by atoms with Gasteiger partial charge in [0, 0.05) is 25.2 Å². The molecule has 0 aromatic heterocycles. The lowest BCUT2D eigenvalue weighted by atomic mass is 9.87. The molecule has 2 N–H and O–H groups in total. The van der Waals surface area contributed by atoms with E-state index in [-0.39, 0.29) is 0 Å². The first-order chi connectivity index (χ1) is 10.00. The normalized spacial score (nSPS) is 19.6. The zero-order valence-corrected chi connectivity index (χ0v) is 13.0. The van der Waals surface area contributed by atoms with Gasteiger partial charge in [0.1, 0.15) is 11.3 Å². The van der Waals surface area contributed by atoms with Crippen molar-refractivity contribution in [3.05, 3.63) is 29.3 Å². The molecule has 1 heterocycles. The lowest BCUT2D eigenvalue weighted by molar-refractivity contribution is -0.151. The Bertz CT molecular complexity index is 510. The predicted octanol–water partition coefficient (Wildman–Crippen LogP) is 1.60. The number of aryl methyl sites for hydroxylation is 1. The molecule has 0 aliphatic carbocycles. The number of carbonyl (C=O) groups is 1. The molecule has 1 aromatic carbocycles. The summed E-state index contributed by atoms with van der Waals surface area (Å²) in [5.41, 5.74) is 0.675. The Hall–Kier alpha value is -1.59. The van der Waals surface area contributed by atoms with Crippen molar-refractivity contribution < 1.29 is 14.6 Å². The molecule has 5 heteroatoms. The molecule has 116 valence electrons. The molecular formula is C16H24N2O3. The van der Waals surface area contributed by atoms with E-state index in [0.717, 1.165) is 37.2 Å². The van der Waals surface area contributed by atoms with Crippen LogP contribution in [-0.4, -0.2) is 49.3 Å². The summed E-state index contributed by atoms with van der Waals surface area (Å²) in [6, 6.07) is 5.71. The van der Waals surface area contributed by atoms with Crippen molar-refractivity contribution in [1.29, 1.82) is 0 Å². The number of methoxy groups -OCH3 is 1. The molecule has 0 amide bonds. The fourth-order valence-electron chi connectivity index (χ4n) is 2.92. The molecule has 0 saturated carbocycles. The van der Waals surface area contributed by atoms with Gasteiger partial charge in [0.05, 0.1) is 7.11 Å². The average molecular weight is 292 g/mol. The van der Waals surface area contributed by atoms with Gasteiger partial charge in [0.15, 0.2) is 0 Å². The molecule has 5 nitrogen and oxygen atoms in total. The van der Waals surface area contributed by atoms with E-state index in [1.807, 2.05) is 30.0 Å². The summed E-state index contributed by atoms with van der Waals surface area (Å²) in [6.45, 7) is 6.94. The monoisotopic (exact) mass is 292 g/mol. The topological polar surface area (TPSA) is 61.8 Å². The number of carboxylic acids is 1. The smallest absolute Gasteiger partial charge is 0.328 e. The van der Waals surface area contributed by atoms with Crippen LogP contribution < -0.4 is 10.1 Å². The van der Waals surface area contributed by atoms with E-state index in [1.165, 1.54) is 0 Å². The summed E-state index contributed by atoms with van der Waals surface area (Å²) in [6.07, 6.45) is 0.941. The Labute approximate surface area is 125 Å². The summed E-state index contributed by atoms with van der Waals surface area (Å²) < 4.78 is 5.41. The Balaban J connectivity index is 2.50. The van der Waals surface area contributed by atoms with E-state index in [9.17, 15) is 9.90 Å². The molecule has 1 aliphatic rings. The van der Waals surface area contributed by atoms with E-state index in [4.69, 9.17) is 4.74 Å². The van der Waals surface area contributed by atoms with Gasteiger partial charge >= 0.3 is 5.97 Å². The first kappa shape index (κ1) is 15.8. The molecule has 1 saturated heterocycles. The second-order valence-corrected chi connectivity index (χ2v) is 5.67. The van der Waals surface area contributed by atoms with Crippen LogP contribution in [0.3, 0.4) is 0 Å². The molecule has 1 aromatic rings. The molecule has 1 aliphatic heterocycles. The van der Waals surface area contributed by atoms with Gasteiger partial charge in [-0.1, -0.05) is 11.6 Å². The van der Waals surface area contributed by atoms with Crippen LogP contribution in [0.2, 0.25) is 0 Å². The third-order valence-corrected chi connectivity index (χ3v) is 4.27. The van der Waals surface area contributed by atoms with Crippen LogP contribution in [0.5, 0.6) is 5.75 Å². The first-order valence-electron chi connectivity index (χ1n) is 7.34. The maximum atomic E-state index is 12.1. The number of hydrogen-bond donors (Lipinski definition) is 2. The predicted molar refractivity (Wildman–Crippen MR) is 81.8 cm³/mol. The number of carboxylic acid groups (broad SMARTS) is 1. The van der Waals surface area contributed by atoms with Crippen molar-refractivity contribution in [3.8, 4) is 5.75 Å². The molecule has 21 heavy (non-hydrogen) atoms. The molecular weight excluding hydrogens is 268 g/mol. The molecule has 1 atom stereocenters. The van der Waals surface area contributed by atoms with Gasteiger partial charge in [-0.2, -0.15) is 0 Å². The van der Waals surface area contributed by atoms with E-state index in [0.29, 0.717) is 12.3 Å². The van der Waals surface area contributed by atoms with Crippen LogP contribution >= 0.6 is 0 Å². The number of rotatable bonds is 4. The minimum atomic E-state index is -1.08. The largest absolute Gasteiger partial charge is 0.496 e. The Morgan fingerprint density at radius 3 is 2.81 bits per heavy atom. The van der Waals surface area contributed by atoms with Crippen LogP contribution in [0.4, 0.5) is 0 Å². The van der Waals surface area contributed by atoms with Crippen LogP contribution in [0, 0.1) is 6.92 Å². The van der Waals surface area contributed by atoms with E-state index < -0.39 is 11.5 Å².